The van der Waals surface area contributed by atoms with E-state index in [0.29, 0.717) is 6.07 Å². The van der Waals surface area contributed by atoms with Crippen molar-refractivity contribution in [2.24, 2.45) is 0 Å². The molecular formula is C10H10FN5O4S. The highest BCUT2D eigenvalue weighted by atomic mass is 32.2. The maximum absolute atomic E-state index is 13.5. The van der Waals surface area contributed by atoms with E-state index >= 15 is 0 Å². The predicted octanol–water partition coefficient (Wildman–Crippen LogP) is 0.891. The largest absolute Gasteiger partial charge is 0.304 e. The van der Waals surface area contributed by atoms with Crippen LogP contribution in [0.2, 0.25) is 0 Å². The number of nitro benzene ring substituents is 1. The number of rotatable bonds is 5. The average molecular weight is 315 g/mol. The van der Waals surface area contributed by atoms with Crippen LogP contribution in [0.4, 0.5) is 10.1 Å². The first-order chi connectivity index (χ1) is 9.81. The van der Waals surface area contributed by atoms with Gasteiger partial charge in [-0.3, -0.25) is 15.2 Å². The number of aromatic nitrogens is 3. The summed E-state index contributed by atoms with van der Waals surface area (Å²) < 4.78 is 39.9. The third-order valence-corrected chi connectivity index (χ3v) is 4.14. The summed E-state index contributed by atoms with van der Waals surface area (Å²) in [6.45, 7) is 1.51. The second-order valence-corrected chi connectivity index (χ2v) is 5.80. The Morgan fingerprint density at radius 2 is 2.19 bits per heavy atom. The Morgan fingerprint density at radius 1 is 1.48 bits per heavy atom. The van der Waals surface area contributed by atoms with Crippen LogP contribution in [0.25, 0.3) is 0 Å². The Kier molecular flexibility index (Phi) is 3.95. The molecule has 0 saturated heterocycles. The highest BCUT2D eigenvalue weighted by molar-refractivity contribution is 7.89. The van der Waals surface area contributed by atoms with E-state index in [2.05, 4.69) is 19.9 Å². The summed E-state index contributed by atoms with van der Waals surface area (Å²) in [5.74, 6) is -0.948. The van der Waals surface area contributed by atoms with E-state index in [1.165, 1.54) is 13.3 Å². The molecule has 112 valence electrons. The Balaban J connectivity index is 2.28. The van der Waals surface area contributed by atoms with Gasteiger partial charge in [0.2, 0.25) is 15.8 Å². The fourth-order valence-corrected chi connectivity index (χ4v) is 2.80. The van der Waals surface area contributed by atoms with Gasteiger partial charge in [0.15, 0.2) is 0 Å². The Hall–Kier alpha value is -2.40. The van der Waals surface area contributed by atoms with Crippen molar-refractivity contribution in [1.82, 2.24) is 19.9 Å². The van der Waals surface area contributed by atoms with Gasteiger partial charge in [-0.1, -0.05) is 0 Å². The number of nitrogens with one attached hydrogen (secondary N) is 2. The number of H-pyrrole nitrogens is 1. The fourth-order valence-electron chi connectivity index (χ4n) is 1.58. The molecule has 11 heteroatoms. The highest BCUT2D eigenvalue weighted by Crippen LogP contribution is 2.21. The second kappa shape index (κ2) is 5.54. The molecule has 0 aliphatic heterocycles. The van der Waals surface area contributed by atoms with Crippen LogP contribution in [-0.4, -0.2) is 28.5 Å². The third-order valence-electron chi connectivity index (χ3n) is 2.60. The topological polar surface area (TPSA) is 131 Å². The van der Waals surface area contributed by atoms with Gasteiger partial charge in [-0.15, -0.1) is 0 Å². The number of aromatic amines is 1. The smallest absolute Gasteiger partial charge is 0.262 e. The number of sulfonamides is 1. The lowest BCUT2D eigenvalue weighted by Crippen LogP contribution is -2.27. The van der Waals surface area contributed by atoms with Crippen molar-refractivity contribution >= 4 is 15.7 Å². The molecule has 2 N–H and O–H groups in total. The van der Waals surface area contributed by atoms with Crippen LogP contribution >= 0.6 is 0 Å². The Morgan fingerprint density at radius 3 is 2.71 bits per heavy atom. The molecule has 1 unspecified atom stereocenters. The number of nitro groups is 1. The van der Waals surface area contributed by atoms with Gasteiger partial charge in [-0.25, -0.2) is 18.1 Å². The van der Waals surface area contributed by atoms with E-state index in [1.54, 1.807) is 0 Å². The SMILES string of the molecule is CC(NS(=O)(=O)c1ccc([N+](=O)[O-])c(F)c1)c1ncn[nH]1. The zero-order valence-electron chi connectivity index (χ0n) is 10.6. The summed E-state index contributed by atoms with van der Waals surface area (Å²) >= 11 is 0. The minimum absolute atomic E-state index is 0.279. The number of hydrogen-bond acceptors (Lipinski definition) is 6. The molecule has 0 aliphatic carbocycles. The number of benzene rings is 1. The minimum atomic E-state index is -4.05. The van der Waals surface area contributed by atoms with Crippen LogP contribution in [-0.2, 0) is 10.0 Å². The summed E-state index contributed by atoms with van der Waals surface area (Å²) in [7, 11) is -4.05. The first-order valence-corrected chi connectivity index (χ1v) is 7.11. The van der Waals surface area contributed by atoms with Crippen molar-refractivity contribution in [3.8, 4) is 0 Å². The summed E-state index contributed by atoms with van der Waals surface area (Å²) in [6, 6.07) is 1.61. The van der Waals surface area contributed by atoms with E-state index in [-0.39, 0.29) is 5.82 Å². The van der Waals surface area contributed by atoms with Crippen molar-refractivity contribution in [3.05, 3.63) is 46.3 Å². The number of nitrogens with zero attached hydrogens (tertiary/aromatic N) is 3. The standard InChI is InChI=1S/C10H10FN5O4S/c1-6(10-12-5-13-14-10)15-21(19,20)7-2-3-9(16(17)18)8(11)4-7/h2-6,15H,1H3,(H,12,13,14). The molecule has 2 aromatic rings. The molecular weight excluding hydrogens is 305 g/mol. The van der Waals surface area contributed by atoms with Crippen LogP contribution < -0.4 is 4.72 Å². The van der Waals surface area contributed by atoms with Gasteiger partial charge in [0.25, 0.3) is 0 Å². The molecule has 1 aromatic carbocycles. The lowest BCUT2D eigenvalue weighted by Gasteiger charge is -2.11. The molecule has 1 atom stereocenters. The third kappa shape index (κ3) is 3.20. The molecule has 0 saturated carbocycles. The molecule has 0 aliphatic rings. The molecule has 1 aromatic heterocycles. The van der Waals surface area contributed by atoms with E-state index in [9.17, 15) is 22.9 Å². The average Bonchev–Trinajstić information content (AvgIpc) is 2.91. The molecule has 0 amide bonds. The monoisotopic (exact) mass is 315 g/mol. The molecule has 0 spiro atoms. The van der Waals surface area contributed by atoms with E-state index < -0.39 is 37.4 Å². The van der Waals surface area contributed by atoms with Crippen molar-refractivity contribution in [2.45, 2.75) is 17.9 Å². The van der Waals surface area contributed by atoms with Crippen LogP contribution in [0.5, 0.6) is 0 Å². The summed E-state index contributed by atoms with van der Waals surface area (Å²) in [6.07, 6.45) is 1.21. The second-order valence-electron chi connectivity index (χ2n) is 4.08. The number of halogens is 1. The molecule has 0 radical (unpaired) electrons. The van der Waals surface area contributed by atoms with Crippen LogP contribution in [0.1, 0.15) is 18.8 Å². The van der Waals surface area contributed by atoms with Crippen LogP contribution in [0.3, 0.4) is 0 Å². The number of hydrogen-bond donors (Lipinski definition) is 2. The molecule has 1 heterocycles. The maximum Gasteiger partial charge on any atom is 0.304 e. The lowest BCUT2D eigenvalue weighted by atomic mass is 10.3. The van der Waals surface area contributed by atoms with Gasteiger partial charge < -0.3 is 0 Å². The van der Waals surface area contributed by atoms with Gasteiger partial charge in [0.1, 0.15) is 12.2 Å². The minimum Gasteiger partial charge on any atom is -0.262 e. The molecule has 9 nitrogen and oxygen atoms in total. The van der Waals surface area contributed by atoms with Crippen molar-refractivity contribution in [1.29, 1.82) is 0 Å². The fraction of sp³-hybridized carbons (Fsp3) is 0.200. The van der Waals surface area contributed by atoms with E-state index in [4.69, 9.17) is 0 Å². The van der Waals surface area contributed by atoms with Gasteiger partial charge >= 0.3 is 5.69 Å². The predicted molar refractivity (Wildman–Crippen MR) is 68.2 cm³/mol. The van der Waals surface area contributed by atoms with Crippen molar-refractivity contribution in [3.63, 3.8) is 0 Å². The van der Waals surface area contributed by atoms with Gasteiger partial charge in [-0.05, 0) is 13.0 Å². The summed E-state index contributed by atoms with van der Waals surface area (Å²) in [4.78, 5) is 12.9. The summed E-state index contributed by atoms with van der Waals surface area (Å²) in [5, 5.41) is 16.6. The quantitative estimate of drug-likeness (QED) is 0.622. The van der Waals surface area contributed by atoms with Crippen LogP contribution in [0.15, 0.2) is 29.4 Å². The van der Waals surface area contributed by atoms with E-state index in [0.717, 1.165) is 12.1 Å². The Labute approximate surface area is 118 Å². The first kappa shape index (κ1) is 15.0. The highest BCUT2D eigenvalue weighted by Gasteiger charge is 2.23. The lowest BCUT2D eigenvalue weighted by molar-refractivity contribution is -0.387. The van der Waals surface area contributed by atoms with Gasteiger partial charge in [-0.2, -0.15) is 9.49 Å². The zero-order chi connectivity index (χ0) is 15.6. The van der Waals surface area contributed by atoms with Crippen molar-refractivity contribution in [2.75, 3.05) is 0 Å². The summed E-state index contributed by atoms with van der Waals surface area (Å²) in [5.41, 5.74) is -0.794. The van der Waals surface area contributed by atoms with Gasteiger partial charge in [0.05, 0.1) is 15.9 Å². The molecule has 0 fully saturated rings. The maximum atomic E-state index is 13.5. The van der Waals surface area contributed by atoms with Gasteiger partial charge in [0, 0.05) is 12.1 Å². The normalized spacial score (nSPS) is 13.0. The first-order valence-electron chi connectivity index (χ1n) is 5.63. The Bertz CT molecular complexity index is 762. The zero-order valence-corrected chi connectivity index (χ0v) is 11.5. The van der Waals surface area contributed by atoms with Crippen LogP contribution in [0, 0.1) is 15.9 Å². The molecule has 0 bridgehead atoms. The molecule has 2 rings (SSSR count). The van der Waals surface area contributed by atoms with Crippen molar-refractivity contribution < 1.29 is 17.7 Å². The van der Waals surface area contributed by atoms with E-state index in [1.807, 2.05) is 0 Å². The molecule has 21 heavy (non-hydrogen) atoms.